The van der Waals surface area contributed by atoms with Gasteiger partial charge in [0.15, 0.2) is 0 Å². The molecule has 0 aliphatic carbocycles. The fourth-order valence-corrected chi connectivity index (χ4v) is 8.38. The van der Waals surface area contributed by atoms with Gasteiger partial charge in [0.1, 0.15) is 0 Å². The maximum atomic E-state index is 6.86. The molecule has 25 heavy (non-hydrogen) atoms. The van der Waals surface area contributed by atoms with Gasteiger partial charge in [0, 0.05) is 6.61 Å². The van der Waals surface area contributed by atoms with Crippen LogP contribution in [0, 0.1) is 0 Å². The highest BCUT2D eigenvalue weighted by Gasteiger charge is 2.49. The highest BCUT2D eigenvalue weighted by atomic mass is 127. The minimum atomic E-state index is -2.34. The molecule has 0 N–H and O–H groups in total. The van der Waals surface area contributed by atoms with Crippen LogP contribution in [0.5, 0.6) is 0 Å². The predicted octanol–water partition coefficient (Wildman–Crippen LogP) is 5.68. The molecule has 2 aromatic carbocycles. The van der Waals surface area contributed by atoms with Crippen LogP contribution in [-0.4, -0.2) is 14.9 Å². The number of halogens is 1. The largest absolute Gasteiger partial charge is 0.407 e. The fraction of sp³-hybridized carbons (Fsp3) is 0.364. The monoisotopic (exact) mass is 464 g/mol. The Kier molecular flexibility index (Phi) is 7.91. The molecule has 3 heteroatoms. The highest BCUT2D eigenvalue weighted by molar-refractivity contribution is 14.1. The Labute approximate surface area is 167 Å². The standard InChI is InChI=1S/C22H29IOSi/c1-22(2,3)25(20-14-8-6-9-15-20,21-16-10-7-11-17-21)24-19-13-5-4-12-18-23/h6-12,14-18H,4-5,13,19H2,1-3H3/b18-12-. The lowest BCUT2D eigenvalue weighted by molar-refractivity contribution is 0.289. The van der Waals surface area contributed by atoms with Gasteiger partial charge in [-0.1, -0.05) is 110 Å². The molecule has 134 valence electrons. The van der Waals surface area contributed by atoms with Crippen LogP contribution in [0.1, 0.15) is 40.0 Å². The van der Waals surface area contributed by atoms with E-state index in [1.54, 1.807) is 0 Å². The smallest absolute Gasteiger partial charge is 0.261 e. The molecule has 0 saturated heterocycles. The van der Waals surface area contributed by atoms with Gasteiger partial charge >= 0.3 is 0 Å². The Morgan fingerprint density at radius 1 is 0.880 bits per heavy atom. The minimum absolute atomic E-state index is 0.0673. The molecule has 0 aliphatic heterocycles. The third-order valence-corrected chi connectivity index (χ3v) is 10.1. The Bertz CT molecular complexity index is 607. The van der Waals surface area contributed by atoms with Gasteiger partial charge in [0.25, 0.3) is 8.32 Å². The Morgan fingerprint density at radius 2 is 1.40 bits per heavy atom. The molecule has 0 fully saturated rings. The van der Waals surface area contributed by atoms with Gasteiger partial charge in [0.2, 0.25) is 0 Å². The van der Waals surface area contributed by atoms with Crippen molar-refractivity contribution >= 4 is 41.3 Å². The third kappa shape index (κ3) is 5.05. The van der Waals surface area contributed by atoms with Crippen molar-refractivity contribution in [2.24, 2.45) is 0 Å². The zero-order valence-electron chi connectivity index (χ0n) is 15.5. The van der Waals surface area contributed by atoms with Gasteiger partial charge in [-0.05, 0) is 38.8 Å². The van der Waals surface area contributed by atoms with Crippen molar-refractivity contribution in [1.29, 1.82) is 0 Å². The van der Waals surface area contributed by atoms with Crippen LogP contribution in [-0.2, 0) is 4.43 Å². The molecule has 2 rings (SSSR count). The minimum Gasteiger partial charge on any atom is -0.407 e. The van der Waals surface area contributed by atoms with Gasteiger partial charge in [-0.15, -0.1) is 0 Å². The van der Waals surface area contributed by atoms with Crippen molar-refractivity contribution in [1.82, 2.24) is 0 Å². The van der Waals surface area contributed by atoms with E-state index >= 15 is 0 Å². The lowest BCUT2D eigenvalue weighted by Crippen LogP contribution is -2.66. The molecule has 0 bridgehead atoms. The molecule has 0 radical (unpaired) electrons. The van der Waals surface area contributed by atoms with E-state index in [0.717, 1.165) is 19.4 Å². The summed E-state index contributed by atoms with van der Waals surface area (Å²) in [6, 6.07) is 21.7. The number of hydrogen-bond acceptors (Lipinski definition) is 1. The molecule has 0 heterocycles. The highest BCUT2D eigenvalue weighted by Crippen LogP contribution is 2.36. The average Bonchev–Trinajstić information content (AvgIpc) is 2.62. The molecule has 0 aromatic heterocycles. The van der Waals surface area contributed by atoms with Crippen LogP contribution < -0.4 is 10.4 Å². The van der Waals surface area contributed by atoms with E-state index in [-0.39, 0.29) is 5.04 Å². The number of hydrogen-bond donors (Lipinski definition) is 0. The normalized spacial score (nSPS) is 12.6. The van der Waals surface area contributed by atoms with Crippen molar-refractivity contribution in [2.75, 3.05) is 6.61 Å². The van der Waals surface area contributed by atoms with Crippen molar-refractivity contribution in [3.8, 4) is 0 Å². The average molecular weight is 464 g/mol. The van der Waals surface area contributed by atoms with E-state index in [4.69, 9.17) is 4.43 Å². The fourth-order valence-electron chi connectivity index (χ4n) is 3.41. The summed E-state index contributed by atoms with van der Waals surface area (Å²) in [5, 5.41) is 2.79. The Hall–Kier alpha value is -0.913. The molecule has 2 aromatic rings. The Morgan fingerprint density at radius 3 is 1.84 bits per heavy atom. The first-order chi connectivity index (χ1) is 12.0. The van der Waals surface area contributed by atoms with Gasteiger partial charge in [-0.3, -0.25) is 0 Å². The van der Waals surface area contributed by atoms with Gasteiger partial charge < -0.3 is 4.43 Å². The first kappa shape index (κ1) is 20.4. The second kappa shape index (κ2) is 9.69. The molecular weight excluding hydrogens is 435 g/mol. The summed E-state index contributed by atoms with van der Waals surface area (Å²) < 4.78 is 8.96. The van der Waals surface area contributed by atoms with Crippen LogP contribution in [0.25, 0.3) is 0 Å². The molecule has 0 atom stereocenters. The summed E-state index contributed by atoms with van der Waals surface area (Å²) in [6.45, 7) is 7.82. The van der Waals surface area contributed by atoms with E-state index in [2.05, 4.69) is 114 Å². The summed E-state index contributed by atoms with van der Waals surface area (Å²) in [7, 11) is -2.34. The van der Waals surface area contributed by atoms with Gasteiger partial charge in [-0.25, -0.2) is 0 Å². The first-order valence-corrected chi connectivity index (χ1v) is 12.2. The van der Waals surface area contributed by atoms with Crippen LogP contribution >= 0.6 is 22.6 Å². The maximum Gasteiger partial charge on any atom is 0.261 e. The molecule has 0 unspecified atom stereocenters. The summed E-state index contributed by atoms with van der Waals surface area (Å²) in [4.78, 5) is 0. The lowest BCUT2D eigenvalue weighted by Gasteiger charge is -2.43. The zero-order chi connectivity index (χ0) is 18.2. The second-order valence-electron chi connectivity index (χ2n) is 7.37. The SMILES string of the molecule is CC(C)(C)[Si](OCCCC/C=C\I)(c1ccccc1)c1ccccc1. The quantitative estimate of drug-likeness (QED) is 0.277. The number of benzene rings is 2. The van der Waals surface area contributed by atoms with E-state index in [0.29, 0.717) is 0 Å². The molecule has 0 saturated carbocycles. The van der Waals surface area contributed by atoms with E-state index in [1.807, 2.05) is 0 Å². The lowest BCUT2D eigenvalue weighted by atomic mass is 10.2. The van der Waals surface area contributed by atoms with E-state index in [1.165, 1.54) is 16.8 Å². The summed E-state index contributed by atoms with van der Waals surface area (Å²) in [5.41, 5.74) is 0. The van der Waals surface area contributed by atoms with E-state index in [9.17, 15) is 0 Å². The van der Waals surface area contributed by atoms with Crippen molar-refractivity contribution in [3.05, 3.63) is 70.8 Å². The van der Waals surface area contributed by atoms with Crippen LogP contribution in [0.15, 0.2) is 70.8 Å². The zero-order valence-corrected chi connectivity index (χ0v) is 18.7. The van der Waals surface area contributed by atoms with Gasteiger partial charge in [0.05, 0.1) is 0 Å². The number of allylic oxidation sites excluding steroid dienone is 1. The summed E-state index contributed by atoms with van der Waals surface area (Å²) in [6.07, 6.45) is 5.64. The second-order valence-corrected chi connectivity index (χ2v) is 12.4. The van der Waals surface area contributed by atoms with Crippen LogP contribution in [0.2, 0.25) is 5.04 Å². The third-order valence-electron chi connectivity index (χ3n) is 4.59. The molecule has 0 aliphatic rings. The summed E-state index contributed by atoms with van der Waals surface area (Å²) >= 11 is 2.28. The summed E-state index contributed by atoms with van der Waals surface area (Å²) in [5.74, 6) is 0. The van der Waals surface area contributed by atoms with Crippen LogP contribution in [0.3, 0.4) is 0 Å². The van der Waals surface area contributed by atoms with Crippen molar-refractivity contribution in [3.63, 3.8) is 0 Å². The molecule has 1 nitrogen and oxygen atoms in total. The van der Waals surface area contributed by atoms with Crippen molar-refractivity contribution < 1.29 is 4.43 Å². The molecule has 0 amide bonds. The molecule has 0 spiro atoms. The Balaban J connectivity index is 2.36. The number of unbranched alkanes of at least 4 members (excludes halogenated alkanes) is 2. The van der Waals surface area contributed by atoms with Crippen LogP contribution in [0.4, 0.5) is 0 Å². The first-order valence-electron chi connectivity index (χ1n) is 9.02. The van der Waals surface area contributed by atoms with Crippen molar-refractivity contribution in [2.45, 2.75) is 45.1 Å². The predicted molar refractivity (Wildman–Crippen MR) is 121 cm³/mol. The maximum absolute atomic E-state index is 6.86. The molecular formula is C22H29IOSi. The van der Waals surface area contributed by atoms with Gasteiger partial charge in [-0.2, -0.15) is 0 Å². The number of rotatable bonds is 8. The topological polar surface area (TPSA) is 9.23 Å². The van der Waals surface area contributed by atoms with E-state index < -0.39 is 8.32 Å².